The first-order valence-corrected chi connectivity index (χ1v) is 3.68. The van der Waals surface area contributed by atoms with Gasteiger partial charge < -0.3 is 5.11 Å². The van der Waals surface area contributed by atoms with Crippen LogP contribution in [0.5, 0.6) is 0 Å². The monoisotopic (exact) mass is 138 g/mol. The number of carboxylic acid groups (broad SMARTS) is 1. The van der Waals surface area contributed by atoms with Gasteiger partial charge in [0, 0.05) is 0 Å². The fraction of sp³-hybridized carbons (Fsp3) is 0.625. The molecule has 0 aromatic carbocycles. The number of aliphatic carboxylic acids is 1. The molecule has 0 aliphatic heterocycles. The first kappa shape index (κ1) is 5.96. The highest BCUT2D eigenvalue weighted by molar-refractivity contribution is 5.71. The van der Waals surface area contributed by atoms with Crippen LogP contribution in [-0.4, -0.2) is 11.1 Å². The topological polar surface area (TPSA) is 37.3 Å². The molecule has 10 heavy (non-hydrogen) atoms. The van der Waals surface area contributed by atoms with Crippen molar-refractivity contribution in [1.29, 1.82) is 0 Å². The summed E-state index contributed by atoms with van der Waals surface area (Å²) in [4.78, 5) is 10.6. The molecular weight excluding hydrogens is 128 g/mol. The van der Waals surface area contributed by atoms with Crippen LogP contribution in [-0.2, 0) is 4.79 Å². The van der Waals surface area contributed by atoms with Crippen molar-refractivity contribution < 1.29 is 9.90 Å². The van der Waals surface area contributed by atoms with Gasteiger partial charge in [0.25, 0.3) is 0 Å². The highest BCUT2D eigenvalue weighted by Gasteiger charge is 2.39. The van der Waals surface area contributed by atoms with Gasteiger partial charge in [-0.05, 0) is 24.7 Å². The van der Waals surface area contributed by atoms with E-state index in [1.165, 1.54) is 0 Å². The van der Waals surface area contributed by atoms with Crippen LogP contribution in [0.1, 0.15) is 12.8 Å². The molecule has 2 rings (SSSR count). The number of hydrogen-bond donors (Lipinski definition) is 1. The summed E-state index contributed by atoms with van der Waals surface area (Å²) in [7, 11) is 0. The Morgan fingerprint density at radius 3 is 2.50 bits per heavy atom. The Bertz CT molecular complexity index is 195. The number of rotatable bonds is 1. The van der Waals surface area contributed by atoms with Gasteiger partial charge in [-0.3, -0.25) is 4.79 Å². The van der Waals surface area contributed by atoms with E-state index in [-0.39, 0.29) is 5.92 Å². The van der Waals surface area contributed by atoms with Gasteiger partial charge in [-0.15, -0.1) is 0 Å². The molecule has 1 N–H and O–H groups in total. The first-order chi connectivity index (χ1) is 4.77. The Kier molecular flexibility index (Phi) is 1.10. The molecule has 0 amide bonds. The lowest BCUT2D eigenvalue weighted by molar-refractivity contribution is -0.142. The third kappa shape index (κ3) is 0.681. The molecule has 2 heteroatoms. The Balaban J connectivity index is 2.16. The van der Waals surface area contributed by atoms with E-state index in [2.05, 4.69) is 12.2 Å². The zero-order valence-corrected chi connectivity index (χ0v) is 5.66. The summed E-state index contributed by atoms with van der Waals surface area (Å²) < 4.78 is 0. The van der Waals surface area contributed by atoms with Crippen LogP contribution in [0.3, 0.4) is 0 Å². The molecule has 3 atom stereocenters. The smallest absolute Gasteiger partial charge is 0.307 e. The fourth-order valence-electron chi connectivity index (χ4n) is 2.06. The highest BCUT2D eigenvalue weighted by Crippen LogP contribution is 2.43. The van der Waals surface area contributed by atoms with Crippen LogP contribution in [0.25, 0.3) is 0 Å². The summed E-state index contributed by atoms with van der Waals surface area (Å²) in [6, 6.07) is 0. The normalized spacial score (nSPS) is 42.6. The first-order valence-electron chi connectivity index (χ1n) is 3.68. The second-order valence-electron chi connectivity index (χ2n) is 3.22. The van der Waals surface area contributed by atoms with E-state index in [1.54, 1.807) is 0 Å². The van der Waals surface area contributed by atoms with Crippen LogP contribution in [0.2, 0.25) is 0 Å². The predicted octanol–water partition coefficient (Wildman–Crippen LogP) is 1.28. The van der Waals surface area contributed by atoms with Crippen LogP contribution in [0.15, 0.2) is 12.2 Å². The number of allylic oxidation sites excluding steroid dienone is 2. The van der Waals surface area contributed by atoms with E-state index in [9.17, 15) is 4.79 Å². The zero-order valence-electron chi connectivity index (χ0n) is 5.66. The van der Waals surface area contributed by atoms with E-state index >= 15 is 0 Å². The number of carboxylic acids is 1. The molecule has 54 valence electrons. The fourth-order valence-corrected chi connectivity index (χ4v) is 2.06. The molecule has 2 bridgehead atoms. The average Bonchev–Trinajstić information content (AvgIpc) is 2.44. The van der Waals surface area contributed by atoms with Crippen LogP contribution < -0.4 is 0 Å². The second kappa shape index (κ2) is 1.84. The molecule has 2 aliphatic carbocycles. The van der Waals surface area contributed by atoms with Crippen molar-refractivity contribution in [3.8, 4) is 0 Å². The molecule has 0 aromatic rings. The summed E-state index contributed by atoms with van der Waals surface area (Å²) >= 11 is 0. The van der Waals surface area contributed by atoms with Gasteiger partial charge in [-0.1, -0.05) is 12.2 Å². The third-order valence-electron chi connectivity index (χ3n) is 2.60. The quantitative estimate of drug-likeness (QED) is 0.554. The lowest BCUT2D eigenvalue weighted by Crippen LogP contribution is -2.17. The maximum Gasteiger partial charge on any atom is 0.307 e. The van der Waals surface area contributed by atoms with E-state index in [0.717, 1.165) is 12.8 Å². The van der Waals surface area contributed by atoms with Gasteiger partial charge in [0.2, 0.25) is 0 Å². The van der Waals surface area contributed by atoms with Crippen molar-refractivity contribution in [3.63, 3.8) is 0 Å². The van der Waals surface area contributed by atoms with E-state index in [0.29, 0.717) is 11.8 Å². The Hall–Kier alpha value is -0.790. The van der Waals surface area contributed by atoms with Gasteiger partial charge in [0.05, 0.1) is 5.92 Å². The Labute approximate surface area is 59.5 Å². The molecular formula is C8H10O2. The molecule has 0 radical (unpaired) electrons. The van der Waals surface area contributed by atoms with Crippen molar-refractivity contribution in [2.24, 2.45) is 17.8 Å². The average molecular weight is 138 g/mol. The van der Waals surface area contributed by atoms with Gasteiger partial charge in [-0.25, -0.2) is 0 Å². The molecule has 0 saturated heterocycles. The lowest BCUT2D eigenvalue weighted by Gasteiger charge is -2.11. The van der Waals surface area contributed by atoms with Crippen molar-refractivity contribution >= 4 is 5.97 Å². The molecule has 0 aromatic heterocycles. The zero-order chi connectivity index (χ0) is 7.14. The summed E-state index contributed by atoms with van der Waals surface area (Å²) in [5.74, 6) is 0.237. The summed E-state index contributed by atoms with van der Waals surface area (Å²) in [6.07, 6.45) is 6.17. The molecule has 2 nitrogen and oxygen atoms in total. The number of fused-ring (bicyclic) bond motifs is 2. The van der Waals surface area contributed by atoms with Gasteiger partial charge in [0.15, 0.2) is 0 Å². The van der Waals surface area contributed by atoms with Crippen LogP contribution in [0, 0.1) is 17.8 Å². The minimum Gasteiger partial charge on any atom is -0.481 e. The van der Waals surface area contributed by atoms with Crippen molar-refractivity contribution in [2.45, 2.75) is 12.8 Å². The van der Waals surface area contributed by atoms with Gasteiger partial charge in [-0.2, -0.15) is 0 Å². The summed E-state index contributed by atoms with van der Waals surface area (Å²) in [5, 5.41) is 8.70. The van der Waals surface area contributed by atoms with E-state index in [1.807, 2.05) is 0 Å². The SMILES string of the molecule is O=C(O)[C@@H]1CC2C=CC1C2. The van der Waals surface area contributed by atoms with Gasteiger partial charge >= 0.3 is 5.97 Å². The molecule has 1 saturated carbocycles. The van der Waals surface area contributed by atoms with Crippen LogP contribution in [0.4, 0.5) is 0 Å². The Morgan fingerprint density at radius 1 is 1.40 bits per heavy atom. The molecule has 2 unspecified atom stereocenters. The van der Waals surface area contributed by atoms with E-state index in [4.69, 9.17) is 5.11 Å². The third-order valence-corrected chi connectivity index (χ3v) is 2.60. The standard InChI is InChI=1S/C8H10O2/c9-8(10)7-4-5-1-2-6(7)3-5/h1-2,5-7H,3-4H2,(H,9,10)/t5?,6?,7-/m1/s1. The second-order valence-corrected chi connectivity index (χ2v) is 3.22. The largest absolute Gasteiger partial charge is 0.481 e. The minimum absolute atomic E-state index is 0.0741. The van der Waals surface area contributed by atoms with Gasteiger partial charge in [0.1, 0.15) is 0 Å². The van der Waals surface area contributed by atoms with Crippen LogP contribution >= 0.6 is 0 Å². The van der Waals surface area contributed by atoms with Crippen molar-refractivity contribution in [3.05, 3.63) is 12.2 Å². The predicted molar refractivity (Wildman–Crippen MR) is 36.5 cm³/mol. The maximum absolute atomic E-state index is 10.6. The highest BCUT2D eigenvalue weighted by atomic mass is 16.4. The minimum atomic E-state index is -0.614. The molecule has 2 aliphatic rings. The molecule has 0 spiro atoms. The maximum atomic E-state index is 10.6. The number of carbonyl (C=O) groups is 1. The summed E-state index contributed by atoms with van der Waals surface area (Å²) in [5.41, 5.74) is 0. The number of hydrogen-bond acceptors (Lipinski definition) is 1. The van der Waals surface area contributed by atoms with Crippen molar-refractivity contribution in [1.82, 2.24) is 0 Å². The molecule has 0 heterocycles. The molecule has 1 fully saturated rings. The van der Waals surface area contributed by atoms with E-state index < -0.39 is 5.97 Å². The summed E-state index contributed by atoms with van der Waals surface area (Å²) in [6.45, 7) is 0. The van der Waals surface area contributed by atoms with Crippen molar-refractivity contribution in [2.75, 3.05) is 0 Å². The lowest BCUT2D eigenvalue weighted by atomic mass is 9.94. The Morgan fingerprint density at radius 2 is 2.20 bits per heavy atom.